The monoisotopic (exact) mass is 647 g/mol. The van der Waals surface area contributed by atoms with E-state index in [4.69, 9.17) is 5.26 Å². The van der Waals surface area contributed by atoms with E-state index in [0.717, 1.165) is 17.7 Å². The number of sulfone groups is 1. The number of nitrogens with one attached hydrogen (secondary N) is 1. The molecule has 0 aliphatic heterocycles. The number of hydrogen-bond donors (Lipinski definition) is 2. The van der Waals surface area contributed by atoms with Crippen molar-refractivity contribution in [3.05, 3.63) is 54.1 Å². The van der Waals surface area contributed by atoms with Crippen LogP contribution in [0, 0.1) is 0 Å². The number of hydrogen-bond acceptors (Lipinski definition) is 7. The Labute approximate surface area is 203 Å². The number of amides is 1. The fraction of sp³-hybridized carbons (Fsp3) is 0.235. The number of quaternary nitrogens is 1. The van der Waals surface area contributed by atoms with Gasteiger partial charge in [-0.3, -0.25) is 9.28 Å². The lowest BCUT2D eigenvalue weighted by Gasteiger charge is -2.28. The summed E-state index contributed by atoms with van der Waals surface area (Å²) in [6.45, 7) is 0. The number of rotatable bonds is 8. The molecule has 8 nitrogen and oxygen atoms in total. The number of halogens is 3. The fourth-order valence-corrected chi connectivity index (χ4v) is 5.27. The molecular weight excluding hydrogens is 632 g/mol. The molecule has 0 atom stereocenters. The normalized spacial score (nSPS) is 12.6. The number of alkyl halides is 3. The summed E-state index contributed by atoms with van der Waals surface area (Å²) in [5.41, 5.74) is 1.76. The van der Waals surface area contributed by atoms with Crippen LogP contribution >= 0.6 is 59.8 Å². The number of anilines is 1. The second kappa shape index (κ2) is 10.4. The van der Waals surface area contributed by atoms with Crippen LogP contribution in [0.5, 0.6) is 0 Å². The molecule has 0 bridgehead atoms. The van der Waals surface area contributed by atoms with Crippen LogP contribution in [0.4, 0.5) is 11.4 Å². The number of nitrogens with zero attached hydrogens (tertiary/aromatic N) is 1. The molecule has 0 saturated heterocycles. The minimum Gasteiger partial charge on any atom is -0.322 e. The van der Waals surface area contributed by atoms with E-state index in [0.29, 0.717) is 21.6 Å². The zero-order chi connectivity index (χ0) is 22.6. The maximum absolute atomic E-state index is 12.6. The summed E-state index contributed by atoms with van der Waals surface area (Å²) >= 11 is 9.95. The van der Waals surface area contributed by atoms with Crippen molar-refractivity contribution in [2.75, 3.05) is 25.3 Å². The van der Waals surface area contributed by atoms with E-state index < -0.39 is 11.3 Å². The van der Waals surface area contributed by atoms with Crippen LogP contribution in [0.3, 0.4) is 0 Å². The lowest BCUT2D eigenvalue weighted by Crippen LogP contribution is -2.40. The molecule has 0 spiro atoms. The molecule has 30 heavy (non-hydrogen) atoms. The molecule has 0 aliphatic carbocycles. The first-order valence-corrected chi connectivity index (χ1v) is 12.9. The first-order chi connectivity index (χ1) is 13.9. The zero-order valence-electron chi connectivity index (χ0n) is 15.7. The van der Waals surface area contributed by atoms with Crippen LogP contribution in [0.25, 0.3) is 0 Å². The molecule has 0 aromatic heterocycles. The van der Waals surface area contributed by atoms with Crippen LogP contribution in [0.1, 0.15) is 10.4 Å². The van der Waals surface area contributed by atoms with Gasteiger partial charge in [-0.05, 0) is 84.2 Å². The summed E-state index contributed by atoms with van der Waals surface area (Å²) in [5.74, 6) is 0.0555. The highest BCUT2D eigenvalue weighted by Crippen LogP contribution is 2.43. The third-order valence-corrected chi connectivity index (χ3v) is 10.2. The number of carbonyl (C=O) groups excluding carboxylic acids is 1. The van der Waals surface area contributed by atoms with Gasteiger partial charge in [0.15, 0.2) is 5.88 Å². The third-order valence-electron chi connectivity index (χ3n) is 3.99. The standard InChI is InChI=1S/C17H17Br3N2O6S2/c1-22(2,11-29-28-27-24)14-5-3-4-13(10-14)21-16(23)12-6-8-15(9-7-12)30(25,26)17(18,19)20/h3-10H,11H2,1-2H3,(H-,21,23,24)/p+1. The van der Waals surface area contributed by atoms with Crippen molar-refractivity contribution in [1.29, 1.82) is 0 Å². The van der Waals surface area contributed by atoms with Gasteiger partial charge in [0.05, 0.1) is 31.0 Å². The lowest BCUT2D eigenvalue weighted by atomic mass is 10.2. The lowest BCUT2D eigenvalue weighted by molar-refractivity contribution is -0.432. The molecule has 2 aromatic carbocycles. The van der Waals surface area contributed by atoms with E-state index in [-0.39, 0.29) is 10.8 Å². The molecule has 164 valence electrons. The first kappa shape index (κ1) is 25.7. The van der Waals surface area contributed by atoms with Crippen LogP contribution in [-0.2, 0) is 19.2 Å². The Morgan fingerprint density at radius 1 is 1.17 bits per heavy atom. The van der Waals surface area contributed by atoms with Gasteiger partial charge in [-0.25, -0.2) is 13.7 Å². The molecule has 13 heteroatoms. The Kier molecular flexibility index (Phi) is 8.93. The minimum absolute atomic E-state index is 0.0392. The third kappa shape index (κ3) is 6.50. The van der Waals surface area contributed by atoms with E-state index in [1.54, 1.807) is 12.1 Å². The number of benzene rings is 2. The van der Waals surface area contributed by atoms with Crippen molar-refractivity contribution < 1.29 is 27.8 Å². The molecule has 0 saturated carbocycles. The largest absolute Gasteiger partial charge is 0.322 e. The molecule has 0 radical (unpaired) electrons. The van der Waals surface area contributed by atoms with Gasteiger partial charge in [-0.15, -0.1) is 4.33 Å². The quantitative estimate of drug-likeness (QED) is 0.0780. The Morgan fingerprint density at radius 2 is 1.80 bits per heavy atom. The zero-order valence-corrected chi connectivity index (χ0v) is 22.1. The van der Waals surface area contributed by atoms with Crippen LogP contribution < -0.4 is 9.80 Å². The van der Waals surface area contributed by atoms with E-state index in [2.05, 4.69) is 62.5 Å². The van der Waals surface area contributed by atoms with Gasteiger partial charge in [0.25, 0.3) is 5.91 Å². The van der Waals surface area contributed by atoms with Crippen LogP contribution in [-0.4, -0.2) is 41.0 Å². The summed E-state index contributed by atoms with van der Waals surface area (Å²) in [5, 5.41) is 14.6. The summed E-state index contributed by atoms with van der Waals surface area (Å²) in [6, 6.07) is 12.8. The van der Waals surface area contributed by atoms with Crippen molar-refractivity contribution in [3.8, 4) is 0 Å². The maximum atomic E-state index is 12.6. The highest BCUT2D eigenvalue weighted by atomic mass is 80.0. The van der Waals surface area contributed by atoms with E-state index in [1.807, 2.05) is 26.2 Å². The predicted molar refractivity (Wildman–Crippen MR) is 128 cm³/mol. The summed E-state index contributed by atoms with van der Waals surface area (Å²) in [7, 11) is 0.114. The highest BCUT2D eigenvalue weighted by molar-refractivity contribution is 9.42. The molecule has 0 heterocycles. The smallest absolute Gasteiger partial charge is 0.255 e. The molecule has 2 aromatic rings. The van der Waals surface area contributed by atoms with Crippen molar-refractivity contribution in [2.24, 2.45) is 0 Å². The minimum atomic E-state index is -3.73. The first-order valence-electron chi connectivity index (χ1n) is 8.14. The van der Waals surface area contributed by atoms with Gasteiger partial charge in [0.2, 0.25) is 11.3 Å². The van der Waals surface area contributed by atoms with Gasteiger partial charge >= 0.3 is 0 Å². The molecule has 2 N–H and O–H groups in total. The van der Waals surface area contributed by atoms with Crippen LogP contribution in [0.15, 0.2) is 53.4 Å². The van der Waals surface area contributed by atoms with Crippen molar-refractivity contribution >= 4 is 87.0 Å². The Bertz CT molecular complexity index is 995. The Morgan fingerprint density at radius 3 is 2.37 bits per heavy atom. The van der Waals surface area contributed by atoms with Crippen LogP contribution in [0.2, 0.25) is 0 Å². The maximum Gasteiger partial charge on any atom is 0.255 e. The molecule has 0 fully saturated rings. The average molecular weight is 650 g/mol. The molecule has 1 amide bonds. The summed E-state index contributed by atoms with van der Waals surface area (Å²) in [6.07, 6.45) is 0. The molecular formula is C17H18Br3N2O6S2+. The summed E-state index contributed by atoms with van der Waals surface area (Å²) < 4.78 is 28.1. The van der Waals surface area contributed by atoms with Crippen molar-refractivity contribution in [1.82, 2.24) is 4.48 Å². The van der Waals surface area contributed by atoms with Gasteiger partial charge in [-0.1, -0.05) is 11.1 Å². The van der Waals surface area contributed by atoms with Gasteiger partial charge in [0.1, 0.15) is 5.69 Å². The van der Waals surface area contributed by atoms with E-state index >= 15 is 0 Å². The van der Waals surface area contributed by atoms with Gasteiger partial charge < -0.3 is 5.32 Å². The van der Waals surface area contributed by atoms with E-state index in [9.17, 15) is 13.2 Å². The average Bonchev–Trinajstić information content (AvgIpc) is 2.67. The molecule has 2 rings (SSSR count). The fourth-order valence-electron chi connectivity index (χ4n) is 2.33. The van der Waals surface area contributed by atoms with Crippen molar-refractivity contribution in [3.63, 3.8) is 0 Å². The molecule has 0 unspecified atom stereocenters. The number of carbonyl (C=O) groups is 1. The second-order valence-corrected chi connectivity index (χ2v) is 17.6. The Hall–Kier alpha value is -0.510. The summed E-state index contributed by atoms with van der Waals surface area (Å²) in [4.78, 5) is 12.6. The van der Waals surface area contributed by atoms with E-state index in [1.165, 1.54) is 24.3 Å². The Balaban J connectivity index is 2.15. The predicted octanol–water partition coefficient (Wildman–Crippen LogP) is 5.10. The molecule has 0 aliphatic rings. The van der Waals surface area contributed by atoms with Gasteiger partial charge in [-0.2, -0.15) is 0 Å². The highest BCUT2D eigenvalue weighted by Gasteiger charge is 2.37. The second-order valence-electron chi connectivity index (χ2n) is 6.55. The van der Waals surface area contributed by atoms with Gasteiger partial charge in [0, 0.05) is 17.3 Å². The topological polar surface area (TPSA) is 102 Å². The van der Waals surface area contributed by atoms with Crippen molar-refractivity contribution in [2.45, 2.75) is 6.37 Å². The SMILES string of the molecule is C[N+](C)(CSOOO)c1cccc(NC(=O)c2ccc(S(=O)(=O)C(Br)(Br)Br)cc2)c1.